The van der Waals surface area contributed by atoms with Gasteiger partial charge in [0.25, 0.3) is 0 Å². The minimum Gasteiger partial charge on any atom is -0.771 e. The summed E-state index contributed by atoms with van der Waals surface area (Å²) < 4.78 is 29.5. The Bertz CT molecular complexity index is 1170. The fraction of sp³-hybridized carbons (Fsp3) is 0.524. The maximum absolute atomic E-state index is 11.0. The Morgan fingerprint density at radius 3 is 2.47 bits per heavy atom. The van der Waals surface area contributed by atoms with E-state index in [9.17, 15) is 8.76 Å². The zero-order valence-electron chi connectivity index (χ0n) is 19.1. The highest BCUT2D eigenvalue weighted by atomic mass is 32.2. The van der Waals surface area contributed by atoms with Crippen molar-refractivity contribution in [1.29, 1.82) is 0 Å². The average molecular weight is 487 g/mol. The third kappa shape index (κ3) is 4.88. The lowest BCUT2D eigenvalue weighted by Crippen LogP contribution is -2.47. The molecular formula is C21H28N9O3S-. The summed E-state index contributed by atoms with van der Waals surface area (Å²) in [6, 6.07) is 3.62. The van der Waals surface area contributed by atoms with Crippen LogP contribution in [0.4, 0.5) is 11.6 Å². The van der Waals surface area contributed by atoms with Crippen molar-refractivity contribution in [2.45, 2.75) is 6.54 Å². The van der Waals surface area contributed by atoms with Crippen LogP contribution >= 0.6 is 0 Å². The monoisotopic (exact) mass is 486 g/mol. The van der Waals surface area contributed by atoms with Crippen molar-refractivity contribution in [1.82, 2.24) is 34.3 Å². The van der Waals surface area contributed by atoms with Gasteiger partial charge in [-0.1, -0.05) is 0 Å². The molecule has 2 saturated heterocycles. The summed E-state index contributed by atoms with van der Waals surface area (Å²) in [5, 5.41) is 0. The van der Waals surface area contributed by atoms with Gasteiger partial charge in [0.05, 0.1) is 25.6 Å². The molecular weight excluding hydrogens is 458 g/mol. The van der Waals surface area contributed by atoms with Gasteiger partial charge in [0.15, 0.2) is 22.8 Å². The number of hydrogen-bond donors (Lipinski definition) is 1. The molecule has 2 N–H and O–H groups in total. The molecule has 2 aliphatic rings. The summed E-state index contributed by atoms with van der Waals surface area (Å²) in [7, 11) is 1.97. The summed E-state index contributed by atoms with van der Waals surface area (Å²) in [5.41, 5.74) is 8.09. The van der Waals surface area contributed by atoms with Gasteiger partial charge in [-0.2, -0.15) is 0 Å². The Balaban J connectivity index is 1.47. The number of imidazole rings is 1. The molecule has 0 bridgehead atoms. The van der Waals surface area contributed by atoms with Crippen LogP contribution in [-0.4, -0.2) is 101 Å². The molecule has 2 fully saturated rings. The third-order valence-corrected chi connectivity index (χ3v) is 6.84. The zero-order valence-corrected chi connectivity index (χ0v) is 19.9. The van der Waals surface area contributed by atoms with Gasteiger partial charge in [-0.3, -0.25) is 14.0 Å². The van der Waals surface area contributed by atoms with E-state index in [4.69, 9.17) is 25.4 Å². The standard InChI is InChI=1S/C21H29N9O3S/c1-27-17(13-28-4-6-29(7-5-28)14-34(31)32)24-18-20(27)25-19(15-2-3-16(22)23-12-15)26-21(18)30-8-10-33-11-9-30/h2-3,12H,4-11,13-14H2,1H3,(H2,22,23)(H,31,32)/p-1. The second-order valence-corrected chi connectivity index (χ2v) is 9.39. The number of pyridine rings is 1. The molecule has 0 saturated carbocycles. The Labute approximate surface area is 200 Å². The Morgan fingerprint density at radius 1 is 1.06 bits per heavy atom. The van der Waals surface area contributed by atoms with E-state index in [0.717, 1.165) is 54.5 Å². The number of nitrogen functional groups attached to an aromatic ring is 1. The summed E-state index contributed by atoms with van der Waals surface area (Å²) >= 11 is -2.05. The van der Waals surface area contributed by atoms with Crippen LogP contribution in [0.3, 0.4) is 0 Å². The summed E-state index contributed by atoms with van der Waals surface area (Å²) in [6.07, 6.45) is 1.69. The first-order chi connectivity index (χ1) is 16.5. The molecule has 2 aliphatic heterocycles. The van der Waals surface area contributed by atoms with Crippen molar-refractivity contribution in [3.8, 4) is 11.4 Å². The van der Waals surface area contributed by atoms with Crippen LogP contribution in [0.1, 0.15) is 5.82 Å². The van der Waals surface area contributed by atoms with Crippen LogP contribution in [0.2, 0.25) is 0 Å². The van der Waals surface area contributed by atoms with Crippen molar-refractivity contribution < 1.29 is 13.5 Å². The Hall–Kier alpha value is -2.71. The van der Waals surface area contributed by atoms with E-state index in [0.29, 0.717) is 44.5 Å². The molecule has 0 spiro atoms. The molecule has 0 aromatic carbocycles. The highest BCUT2D eigenvalue weighted by Gasteiger charge is 2.24. The second kappa shape index (κ2) is 9.88. The van der Waals surface area contributed by atoms with E-state index < -0.39 is 11.1 Å². The van der Waals surface area contributed by atoms with Gasteiger partial charge >= 0.3 is 0 Å². The molecule has 1 unspecified atom stereocenters. The summed E-state index contributed by atoms with van der Waals surface area (Å²) in [5.74, 6) is 2.80. The largest absolute Gasteiger partial charge is 0.771 e. The predicted molar refractivity (Wildman–Crippen MR) is 128 cm³/mol. The number of ether oxygens (including phenoxy) is 1. The molecule has 182 valence electrons. The summed E-state index contributed by atoms with van der Waals surface area (Å²) in [6.45, 7) is 6.40. The Morgan fingerprint density at radius 2 is 1.79 bits per heavy atom. The van der Waals surface area contributed by atoms with Crippen molar-refractivity contribution in [3.63, 3.8) is 0 Å². The van der Waals surface area contributed by atoms with Gasteiger partial charge in [-0.15, -0.1) is 0 Å². The van der Waals surface area contributed by atoms with Crippen molar-refractivity contribution in [2.24, 2.45) is 7.05 Å². The van der Waals surface area contributed by atoms with Crippen LogP contribution in [0, 0.1) is 0 Å². The maximum Gasteiger partial charge on any atom is 0.166 e. The van der Waals surface area contributed by atoms with Crippen LogP contribution in [0.25, 0.3) is 22.6 Å². The molecule has 0 aliphatic carbocycles. The van der Waals surface area contributed by atoms with E-state index in [1.807, 2.05) is 22.6 Å². The van der Waals surface area contributed by atoms with E-state index >= 15 is 0 Å². The van der Waals surface area contributed by atoms with Crippen molar-refractivity contribution >= 4 is 33.9 Å². The Kier molecular flexibility index (Phi) is 6.70. The third-order valence-electron chi connectivity index (χ3n) is 6.27. The predicted octanol–water partition coefficient (Wildman–Crippen LogP) is -0.202. The molecule has 3 aromatic heterocycles. The molecule has 12 nitrogen and oxygen atoms in total. The first-order valence-corrected chi connectivity index (χ1v) is 12.5. The molecule has 5 heterocycles. The highest BCUT2D eigenvalue weighted by molar-refractivity contribution is 7.79. The van der Waals surface area contributed by atoms with Crippen LogP contribution in [0.15, 0.2) is 18.3 Å². The number of hydrogen-bond acceptors (Lipinski definition) is 11. The SMILES string of the molecule is Cn1c(CN2CCN(CS(=O)[O-])CC2)nc2c(N3CCOCC3)nc(-c3ccc(N)nc3)nc21. The number of piperazine rings is 1. The highest BCUT2D eigenvalue weighted by Crippen LogP contribution is 2.28. The fourth-order valence-electron chi connectivity index (χ4n) is 4.32. The molecule has 5 rings (SSSR count). The fourth-order valence-corrected chi connectivity index (χ4v) is 4.88. The van der Waals surface area contributed by atoms with Gasteiger partial charge in [0, 0.05) is 58.1 Å². The lowest BCUT2D eigenvalue weighted by Gasteiger charge is -2.34. The number of morpholine rings is 1. The number of aromatic nitrogens is 5. The van der Waals surface area contributed by atoms with Gasteiger partial charge in [0.1, 0.15) is 11.6 Å². The molecule has 0 radical (unpaired) electrons. The van der Waals surface area contributed by atoms with Crippen LogP contribution in [-0.2, 0) is 29.4 Å². The topological polar surface area (TPSA) is 142 Å². The van der Waals surface area contributed by atoms with E-state index in [2.05, 4.69) is 14.8 Å². The van der Waals surface area contributed by atoms with Crippen LogP contribution < -0.4 is 10.6 Å². The minimum atomic E-state index is -2.05. The number of nitrogens with two attached hydrogens (primary N) is 1. The number of rotatable bonds is 6. The number of nitrogens with zero attached hydrogens (tertiary/aromatic N) is 8. The molecule has 34 heavy (non-hydrogen) atoms. The number of anilines is 2. The van der Waals surface area contributed by atoms with Gasteiger partial charge in [-0.05, 0) is 23.2 Å². The number of fused-ring (bicyclic) bond motifs is 1. The zero-order chi connectivity index (χ0) is 23.7. The molecule has 1 atom stereocenters. The van der Waals surface area contributed by atoms with Crippen LogP contribution in [0.5, 0.6) is 0 Å². The van der Waals surface area contributed by atoms with Gasteiger partial charge < -0.3 is 24.5 Å². The first kappa shape index (κ1) is 23.1. The maximum atomic E-state index is 11.0. The molecule has 3 aromatic rings. The lowest BCUT2D eigenvalue weighted by molar-refractivity contribution is 0.122. The van der Waals surface area contributed by atoms with E-state index in [1.54, 1.807) is 12.3 Å². The molecule has 0 amide bonds. The second-order valence-electron chi connectivity index (χ2n) is 8.53. The molecule has 13 heteroatoms. The van der Waals surface area contributed by atoms with Gasteiger partial charge in [-0.25, -0.2) is 19.9 Å². The lowest BCUT2D eigenvalue weighted by atomic mass is 10.2. The average Bonchev–Trinajstić information content (AvgIpc) is 3.15. The smallest absolute Gasteiger partial charge is 0.166 e. The number of aryl methyl sites for hydroxylation is 1. The van der Waals surface area contributed by atoms with Crippen molar-refractivity contribution in [3.05, 3.63) is 24.2 Å². The normalized spacial score (nSPS) is 19.1. The van der Waals surface area contributed by atoms with Crippen molar-refractivity contribution in [2.75, 3.05) is 69.0 Å². The van der Waals surface area contributed by atoms with E-state index in [1.165, 1.54) is 0 Å². The minimum absolute atomic E-state index is 0.0847. The van der Waals surface area contributed by atoms with Gasteiger partial charge in [0.2, 0.25) is 0 Å². The van der Waals surface area contributed by atoms with E-state index in [-0.39, 0.29) is 5.88 Å². The first-order valence-electron chi connectivity index (χ1n) is 11.3. The summed E-state index contributed by atoms with van der Waals surface area (Å²) in [4.78, 5) is 25.3. The quantitative estimate of drug-likeness (QED) is 0.463.